The highest BCUT2D eigenvalue weighted by molar-refractivity contribution is 5.88. The Morgan fingerprint density at radius 2 is 2.07 bits per heavy atom. The lowest BCUT2D eigenvalue weighted by Crippen LogP contribution is -2.08. The van der Waals surface area contributed by atoms with Crippen molar-refractivity contribution < 1.29 is 9.50 Å². The summed E-state index contributed by atoms with van der Waals surface area (Å²) in [6.45, 7) is 11.4. The second-order valence-corrected chi connectivity index (χ2v) is 6.61. The summed E-state index contributed by atoms with van der Waals surface area (Å²) in [7, 11) is 0. The van der Waals surface area contributed by atoms with E-state index in [0.29, 0.717) is 35.9 Å². The van der Waals surface area contributed by atoms with Gasteiger partial charge in [0.2, 0.25) is 0 Å². The number of aliphatic imine (C=N–C) groups is 1. The number of hydrogen-bond acceptors (Lipinski definition) is 6. The Morgan fingerprint density at radius 3 is 2.79 bits per heavy atom. The molecule has 0 saturated carbocycles. The third kappa shape index (κ3) is 4.60. The van der Waals surface area contributed by atoms with E-state index >= 15 is 0 Å². The van der Waals surface area contributed by atoms with Crippen molar-refractivity contribution in [2.24, 2.45) is 4.99 Å². The van der Waals surface area contributed by atoms with E-state index < -0.39 is 0 Å². The summed E-state index contributed by atoms with van der Waals surface area (Å²) in [5.41, 5.74) is 3.62. The fourth-order valence-electron chi connectivity index (χ4n) is 3.20. The van der Waals surface area contributed by atoms with Gasteiger partial charge in [0.1, 0.15) is 35.4 Å². The number of anilines is 2. The molecule has 1 aromatic carbocycles. The van der Waals surface area contributed by atoms with Gasteiger partial charge in [-0.05, 0) is 44.2 Å². The molecule has 0 spiro atoms. The van der Waals surface area contributed by atoms with Crippen molar-refractivity contribution in [2.45, 2.75) is 20.3 Å². The molecular formula is C21H23FN6O. The Morgan fingerprint density at radius 1 is 1.31 bits per heavy atom. The first-order valence-corrected chi connectivity index (χ1v) is 9.04. The quantitative estimate of drug-likeness (QED) is 0.258. The number of aromatic amines is 1. The summed E-state index contributed by atoms with van der Waals surface area (Å²) in [6, 6.07) is 4.99. The SMILES string of the molecule is C=N/C(=C\C(=C)O)Nc1cc(NCCc2c(C)[nH]c3c(F)ccc(C)c23)ncn1. The standard InChI is InChI=1S/C21H23FN6O/c1-12-5-6-16(22)21-20(12)15(14(3)27-21)7-8-24-18-10-19(26-11-25-18)28-17(23-4)9-13(2)29/h5-6,9-11,27,29H,2,4,7-8H2,1,3H3,(H2,24,25,26,28)/b17-9+. The summed E-state index contributed by atoms with van der Waals surface area (Å²) < 4.78 is 14.1. The number of aromatic nitrogens is 3. The number of nitrogens with one attached hydrogen (secondary N) is 3. The molecule has 3 aromatic rings. The molecule has 0 bridgehead atoms. The summed E-state index contributed by atoms with van der Waals surface area (Å²) in [4.78, 5) is 15.2. The number of aliphatic hydroxyl groups excluding tert-OH is 1. The Kier molecular flexibility index (Phi) is 5.92. The number of rotatable bonds is 8. The molecule has 0 radical (unpaired) electrons. The van der Waals surface area contributed by atoms with Gasteiger partial charge in [-0.1, -0.05) is 12.6 Å². The Balaban J connectivity index is 1.71. The van der Waals surface area contributed by atoms with Crippen LogP contribution in [0, 0.1) is 19.7 Å². The average molecular weight is 394 g/mol. The Bertz CT molecular complexity index is 1100. The average Bonchev–Trinajstić information content (AvgIpc) is 3.02. The maximum Gasteiger partial charge on any atom is 0.147 e. The van der Waals surface area contributed by atoms with Crippen molar-refractivity contribution >= 4 is 29.3 Å². The number of allylic oxidation sites excluding steroid dienone is 1. The molecule has 0 unspecified atom stereocenters. The number of nitrogens with zero attached hydrogens (tertiary/aromatic N) is 3. The molecule has 2 heterocycles. The number of benzene rings is 1. The highest BCUT2D eigenvalue weighted by Crippen LogP contribution is 2.28. The monoisotopic (exact) mass is 394 g/mol. The highest BCUT2D eigenvalue weighted by Gasteiger charge is 2.13. The number of aryl methyl sites for hydroxylation is 2. The molecule has 2 aromatic heterocycles. The highest BCUT2D eigenvalue weighted by atomic mass is 19.1. The van der Waals surface area contributed by atoms with Crippen molar-refractivity contribution in [1.82, 2.24) is 15.0 Å². The molecule has 3 rings (SSSR count). The second kappa shape index (κ2) is 8.55. The molecule has 0 aliphatic heterocycles. The van der Waals surface area contributed by atoms with Crippen molar-refractivity contribution in [3.63, 3.8) is 0 Å². The molecule has 0 amide bonds. The third-order valence-corrected chi connectivity index (χ3v) is 4.51. The molecule has 0 aliphatic rings. The van der Waals surface area contributed by atoms with Gasteiger partial charge < -0.3 is 20.7 Å². The first-order chi connectivity index (χ1) is 13.9. The Hall–Kier alpha value is -3.68. The number of halogens is 1. The van der Waals surface area contributed by atoms with Gasteiger partial charge in [-0.25, -0.2) is 19.4 Å². The number of H-pyrrole nitrogens is 1. The lowest BCUT2D eigenvalue weighted by atomic mass is 10.0. The van der Waals surface area contributed by atoms with E-state index in [1.54, 1.807) is 12.1 Å². The van der Waals surface area contributed by atoms with Crippen LogP contribution in [-0.2, 0) is 6.42 Å². The minimum absolute atomic E-state index is 0.145. The van der Waals surface area contributed by atoms with Gasteiger partial charge >= 0.3 is 0 Å². The van der Waals surface area contributed by atoms with Crippen LogP contribution in [-0.4, -0.2) is 33.3 Å². The van der Waals surface area contributed by atoms with Crippen LogP contribution >= 0.6 is 0 Å². The van der Waals surface area contributed by atoms with Gasteiger partial charge in [-0.2, -0.15) is 0 Å². The van der Waals surface area contributed by atoms with Crippen LogP contribution in [0.1, 0.15) is 16.8 Å². The maximum atomic E-state index is 14.1. The number of aliphatic hydroxyl groups is 1. The first-order valence-electron chi connectivity index (χ1n) is 9.04. The smallest absolute Gasteiger partial charge is 0.147 e. The molecule has 0 aliphatic carbocycles. The second-order valence-electron chi connectivity index (χ2n) is 6.61. The minimum Gasteiger partial charge on any atom is -0.508 e. The molecule has 0 fully saturated rings. The van der Waals surface area contributed by atoms with Gasteiger partial charge in [0.05, 0.1) is 5.52 Å². The van der Waals surface area contributed by atoms with E-state index in [1.807, 2.05) is 13.8 Å². The topological polar surface area (TPSA) is 98.2 Å². The van der Waals surface area contributed by atoms with Gasteiger partial charge in [-0.3, -0.25) is 0 Å². The van der Waals surface area contributed by atoms with Gasteiger partial charge in [-0.15, -0.1) is 0 Å². The van der Waals surface area contributed by atoms with Crippen molar-refractivity contribution in [1.29, 1.82) is 0 Å². The summed E-state index contributed by atoms with van der Waals surface area (Å²) >= 11 is 0. The lowest BCUT2D eigenvalue weighted by molar-refractivity contribution is 0.434. The zero-order valence-corrected chi connectivity index (χ0v) is 16.4. The van der Waals surface area contributed by atoms with Crippen LogP contribution in [0.2, 0.25) is 0 Å². The van der Waals surface area contributed by atoms with E-state index in [2.05, 4.69) is 43.9 Å². The molecule has 4 N–H and O–H groups in total. The lowest BCUT2D eigenvalue weighted by Gasteiger charge is -2.09. The van der Waals surface area contributed by atoms with Crippen LogP contribution in [0.5, 0.6) is 0 Å². The number of fused-ring (bicyclic) bond motifs is 1. The number of hydrogen-bond donors (Lipinski definition) is 4. The first kappa shape index (κ1) is 20.1. The predicted molar refractivity (Wildman–Crippen MR) is 115 cm³/mol. The van der Waals surface area contributed by atoms with Crippen molar-refractivity contribution in [3.8, 4) is 0 Å². The molecule has 0 atom stereocenters. The van der Waals surface area contributed by atoms with Crippen molar-refractivity contribution in [2.75, 3.05) is 17.2 Å². The van der Waals surface area contributed by atoms with Crippen LogP contribution < -0.4 is 10.6 Å². The fourth-order valence-corrected chi connectivity index (χ4v) is 3.20. The maximum absolute atomic E-state index is 14.1. The third-order valence-electron chi connectivity index (χ3n) is 4.51. The Labute approximate surface area is 168 Å². The predicted octanol–water partition coefficient (Wildman–Crippen LogP) is 4.39. The van der Waals surface area contributed by atoms with E-state index in [9.17, 15) is 9.50 Å². The molecule has 0 saturated heterocycles. The van der Waals surface area contributed by atoms with Crippen LogP contribution in [0.25, 0.3) is 10.9 Å². The normalized spacial score (nSPS) is 11.5. The fraction of sp³-hybridized carbons (Fsp3) is 0.190. The summed E-state index contributed by atoms with van der Waals surface area (Å²) in [5, 5.41) is 16.4. The summed E-state index contributed by atoms with van der Waals surface area (Å²) in [5.74, 6) is 1.03. The van der Waals surface area contributed by atoms with Crippen molar-refractivity contribution in [3.05, 3.63) is 71.4 Å². The molecular weight excluding hydrogens is 371 g/mol. The van der Waals surface area contributed by atoms with E-state index in [0.717, 1.165) is 22.2 Å². The van der Waals surface area contributed by atoms with Gasteiger partial charge in [0.25, 0.3) is 0 Å². The van der Waals surface area contributed by atoms with Crippen LogP contribution in [0.15, 0.2) is 53.8 Å². The van der Waals surface area contributed by atoms with E-state index in [-0.39, 0.29) is 11.6 Å². The zero-order chi connectivity index (χ0) is 21.0. The van der Waals surface area contributed by atoms with E-state index in [1.165, 1.54) is 18.5 Å². The zero-order valence-electron chi connectivity index (χ0n) is 16.4. The summed E-state index contributed by atoms with van der Waals surface area (Å²) in [6.07, 6.45) is 3.45. The van der Waals surface area contributed by atoms with Crippen LogP contribution in [0.3, 0.4) is 0 Å². The van der Waals surface area contributed by atoms with E-state index in [4.69, 9.17) is 0 Å². The molecule has 29 heavy (non-hydrogen) atoms. The minimum atomic E-state index is -0.246. The van der Waals surface area contributed by atoms with Crippen LogP contribution in [0.4, 0.5) is 16.0 Å². The van der Waals surface area contributed by atoms with Gasteiger partial charge in [0, 0.05) is 29.8 Å². The molecule has 7 nitrogen and oxygen atoms in total. The molecule has 8 heteroatoms. The largest absolute Gasteiger partial charge is 0.508 e. The molecule has 150 valence electrons. The van der Waals surface area contributed by atoms with Gasteiger partial charge in [0.15, 0.2) is 0 Å².